The van der Waals surface area contributed by atoms with Crippen LogP contribution >= 0.6 is 11.6 Å². The fraction of sp³-hybridized carbons (Fsp3) is 0.429. The van der Waals surface area contributed by atoms with Gasteiger partial charge in [-0.15, -0.1) is 0 Å². The number of carbonyl (C=O) groups excluding carboxylic acids is 2. The van der Waals surface area contributed by atoms with Crippen LogP contribution in [0.2, 0.25) is 5.02 Å². The highest BCUT2D eigenvalue weighted by Crippen LogP contribution is 2.27. The highest BCUT2D eigenvalue weighted by molar-refractivity contribution is 6.30. The van der Waals surface area contributed by atoms with E-state index >= 15 is 0 Å². The smallest absolute Gasteiger partial charge is 0.232 e. The van der Waals surface area contributed by atoms with Gasteiger partial charge in [0.2, 0.25) is 17.7 Å². The molecule has 2 heterocycles. The number of nitrogens with one attached hydrogen (secondary N) is 1. The van der Waals surface area contributed by atoms with E-state index in [1.807, 2.05) is 0 Å². The first kappa shape index (κ1) is 19.6. The molecule has 152 valence electrons. The molecule has 1 atom stereocenters. The van der Waals surface area contributed by atoms with Crippen molar-refractivity contribution in [2.45, 2.75) is 44.2 Å². The summed E-state index contributed by atoms with van der Waals surface area (Å²) in [6.45, 7) is 0.400. The molecule has 2 fully saturated rings. The summed E-state index contributed by atoms with van der Waals surface area (Å²) in [5.41, 5.74) is 0.774. The average molecular weight is 415 g/mol. The Hall–Kier alpha value is -2.67. The zero-order valence-electron chi connectivity index (χ0n) is 16.0. The second-order valence-electron chi connectivity index (χ2n) is 7.53. The van der Waals surface area contributed by atoms with Crippen molar-refractivity contribution in [1.29, 1.82) is 0 Å². The third-order valence-electron chi connectivity index (χ3n) is 5.48. The Morgan fingerprint density at radius 3 is 2.59 bits per heavy atom. The summed E-state index contributed by atoms with van der Waals surface area (Å²) in [6.07, 6.45) is 8.55. The topological polar surface area (TPSA) is 84.4 Å². The molecule has 1 aromatic carbocycles. The number of benzene rings is 1. The lowest BCUT2D eigenvalue weighted by molar-refractivity contribution is -0.127. The Morgan fingerprint density at radius 1 is 1.14 bits per heavy atom. The molecule has 2 aromatic rings. The van der Waals surface area contributed by atoms with Crippen molar-refractivity contribution in [3.05, 3.63) is 47.9 Å². The largest absolute Gasteiger partial charge is 0.473 e. The van der Waals surface area contributed by atoms with Crippen LogP contribution in [0.3, 0.4) is 0 Å². The van der Waals surface area contributed by atoms with Gasteiger partial charge in [0, 0.05) is 42.1 Å². The Morgan fingerprint density at radius 2 is 1.90 bits per heavy atom. The van der Waals surface area contributed by atoms with Gasteiger partial charge < -0.3 is 15.0 Å². The van der Waals surface area contributed by atoms with Crippen molar-refractivity contribution in [2.75, 3.05) is 11.4 Å². The van der Waals surface area contributed by atoms with Crippen LogP contribution in [0.5, 0.6) is 5.88 Å². The minimum Gasteiger partial charge on any atom is -0.473 e. The van der Waals surface area contributed by atoms with Gasteiger partial charge in [-0.25, -0.2) is 4.98 Å². The van der Waals surface area contributed by atoms with Crippen LogP contribution in [0.25, 0.3) is 0 Å². The lowest BCUT2D eigenvalue weighted by Crippen LogP contribution is -2.43. The standard InChI is InChI=1S/C21H23ClN4O3/c22-15-1-5-17(6-2-15)26-13-14(11-20(26)27)21(28)25-16-3-7-18(8-4-16)29-19-12-23-9-10-24-19/h1-2,5-6,9-10,12,14,16,18H,3-4,7-8,11,13H2,(H,25,28). The number of rotatable bonds is 5. The summed E-state index contributed by atoms with van der Waals surface area (Å²) >= 11 is 5.91. The molecule has 0 bridgehead atoms. The van der Waals surface area contributed by atoms with E-state index in [9.17, 15) is 9.59 Å². The minimum absolute atomic E-state index is 0.0337. The molecule has 29 heavy (non-hydrogen) atoms. The van der Waals surface area contributed by atoms with Gasteiger partial charge in [0.25, 0.3) is 0 Å². The van der Waals surface area contributed by atoms with E-state index in [0.29, 0.717) is 17.4 Å². The summed E-state index contributed by atoms with van der Waals surface area (Å²) < 4.78 is 5.85. The lowest BCUT2D eigenvalue weighted by atomic mass is 9.92. The zero-order chi connectivity index (χ0) is 20.2. The number of anilines is 1. The third-order valence-corrected chi connectivity index (χ3v) is 5.73. The second kappa shape index (κ2) is 8.78. The van der Waals surface area contributed by atoms with E-state index in [-0.39, 0.29) is 36.3 Å². The van der Waals surface area contributed by atoms with Crippen LogP contribution in [-0.2, 0) is 9.59 Å². The number of amides is 2. The van der Waals surface area contributed by atoms with Crippen molar-refractivity contribution < 1.29 is 14.3 Å². The Kier molecular flexibility index (Phi) is 5.94. The number of nitrogens with zero attached hydrogens (tertiary/aromatic N) is 3. The maximum absolute atomic E-state index is 12.7. The Bertz CT molecular complexity index is 854. The zero-order valence-corrected chi connectivity index (χ0v) is 16.7. The summed E-state index contributed by atoms with van der Waals surface area (Å²) in [5, 5.41) is 3.74. The number of hydrogen-bond donors (Lipinski definition) is 1. The number of aromatic nitrogens is 2. The van der Waals surface area contributed by atoms with Crippen LogP contribution in [0, 0.1) is 5.92 Å². The van der Waals surface area contributed by atoms with E-state index in [1.54, 1.807) is 47.8 Å². The van der Waals surface area contributed by atoms with Gasteiger partial charge in [0.05, 0.1) is 12.1 Å². The Labute approximate surface area is 174 Å². The predicted molar refractivity (Wildman–Crippen MR) is 109 cm³/mol. The van der Waals surface area contributed by atoms with E-state index in [1.165, 1.54) is 0 Å². The molecule has 7 nitrogen and oxygen atoms in total. The van der Waals surface area contributed by atoms with Gasteiger partial charge in [-0.3, -0.25) is 14.6 Å². The summed E-state index contributed by atoms with van der Waals surface area (Å²) in [6, 6.07) is 7.22. The van der Waals surface area contributed by atoms with E-state index in [4.69, 9.17) is 16.3 Å². The molecular formula is C21H23ClN4O3. The number of halogens is 1. The van der Waals surface area contributed by atoms with Crippen molar-refractivity contribution in [3.63, 3.8) is 0 Å². The maximum atomic E-state index is 12.7. The van der Waals surface area contributed by atoms with Crippen LogP contribution in [0.4, 0.5) is 5.69 Å². The van der Waals surface area contributed by atoms with Crippen molar-refractivity contribution >= 4 is 29.1 Å². The lowest BCUT2D eigenvalue weighted by Gasteiger charge is -2.29. The van der Waals surface area contributed by atoms with Crippen LogP contribution < -0.4 is 15.0 Å². The molecule has 1 aliphatic carbocycles. The van der Waals surface area contributed by atoms with Crippen LogP contribution in [-0.4, -0.2) is 40.5 Å². The van der Waals surface area contributed by atoms with Gasteiger partial charge >= 0.3 is 0 Å². The molecule has 4 rings (SSSR count). The van der Waals surface area contributed by atoms with Gasteiger partial charge in [-0.2, -0.15) is 0 Å². The molecule has 2 amide bonds. The molecule has 0 spiro atoms. The SMILES string of the molecule is O=C(NC1CCC(Oc2cnccn2)CC1)C1CC(=O)N(c2ccc(Cl)cc2)C1. The highest BCUT2D eigenvalue weighted by Gasteiger charge is 2.36. The third kappa shape index (κ3) is 4.85. The monoisotopic (exact) mass is 414 g/mol. The fourth-order valence-corrected chi connectivity index (χ4v) is 4.04. The first-order valence-corrected chi connectivity index (χ1v) is 10.3. The molecule has 1 saturated heterocycles. The molecule has 1 aromatic heterocycles. The highest BCUT2D eigenvalue weighted by atomic mass is 35.5. The van der Waals surface area contributed by atoms with Gasteiger partial charge in [0.15, 0.2) is 0 Å². The molecule has 1 unspecified atom stereocenters. The van der Waals surface area contributed by atoms with Crippen LogP contribution in [0.15, 0.2) is 42.9 Å². The van der Waals surface area contributed by atoms with Crippen molar-refractivity contribution in [2.24, 2.45) is 5.92 Å². The molecule has 8 heteroatoms. The normalized spacial score (nSPS) is 24.4. The van der Waals surface area contributed by atoms with Gasteiger partial charge in [-0.1, -0.05) is 11.6 Å². The van der Waals surface area contributed by atoms with Crippen molar-refractivity contribution in [3.8, 4) is 5.88 Å². The maximum Gasteiger partial charge on any atom is 0.232 e. The Balaban J connectivity index is 1.26. The summed E-state index contributed by atoms with van der Waals surface area (Å²) in [7, 11) is 0. The molecule has 1 N–H and O–H groups in total. The minimum atomic E-state index is -0.327. The van der Waals surface area contributed by atoms with E-state index in [2.05, 4.69) is 15.3 Å². The van der Waals surface area contributed by atoms with Crippen molar-refractivity contribution in [1.82, 2.24) is 15.3 Å². The number of carbonyl (C=O) groups is 2. The van der Waals surface area contributed by atoms with Gasteiger partial charge in [-0.05, 0) is 49.9 Å². The van der Waals surface area contributed by atoms with Gasteiger partial charge in [0.1, 0.15) is 6.10 Å². The first-order chi connectivity index (χ1) is 14.1. The molecule has 1 saturated carbocycles. The van der Waals surface area contributed by atoms with E-state index in [0.717, 1.165) is 31.4 Å². The second-order valence-corrected chi connectivity index (χ2v) is 7.96. The summed E-state index contributed by atoms with van der Waals surface area (Å²) in [5.74, 6) is 0.125. The quantitative estimate of drug-likeness (QED) is 0.813. The molecule has 1 aliphatic heterocycles. The molecule has 0 radical (unpaired) electrons. The number of ether oxygens (including phenoxy) is 1. The van der Waals surface area contributed by atoms with E-state index < -0.39 is 0 Å². The van der Waals surface area contributed by atoms with Crippen LogP contribution in [0.1, 0.15) is 32.1 Å². The first-order valence-electron chi connectivity index (χ1n) is 9.87. The molecular weight excluding hydrogens is 392 g/mol. The summed E-state index contributed by atoms with van der Waals surface area (Å²) in [4.78, 5) is 34.9. The average Bonchev–Trinajstić information content (AvgIpc) is 3.13. The predicted octanol–water partition coefficient (Wildman–Crippen LogP) is 2.99. The molecule has 2 aliphatic rings. The fourth-order valence-electron chi connectivity index (χ4n) is 3.91. The number of hydrogen-bond acceptors (Lipinski definition) is 5.